The van der Waals surface area contributed by atoms with E-state index >= 15 is 0 Å². The monoisotopic (exact) mass is 386 g/mol. The quantitative estimate of drug-likeness (QED) is 0.796. The second-order valence-corrected chi connectivity index (χ2v) is 7.21. The van der Waals surface area contributed by atoms with E-state index in [9.17, 15) is 14.0 Å². The fraction of sp³-hybridized carbons (Fsp3) is 0.476. The van der Waals surface area contributed by atoms with Gasteiger partial charge in [-0.2, -0.15) is 0 Å². The van der Waals surface area contributed by atoms with Crippen molar-refractivity contribution in [1.29, 1.82) is 0 Å². The molecule has 2 amide bonds. The Balaban J connectivity index is 1.46. The molecule has 0 spiro atoms. The van der Waals surface area contributed by atoms with Crippen LogP contribution in [0, 0.1) is 11.7 Å². The Kier molecular flexibility index (Phi) is 6.79. The third-order valence-corrected chi connectivity index (χ3v) is 5.21. The molecule has 2 heterocycles. The molecule has 0 radical (unpaired) electrons. The highest BCUT2D eigenvalue weighted by Gasteiger charge is 2.24. The normalized spacial score (nSPS) is 16.8. The highest BCUT2D eigenvalue weighted by Crippen LogP contribution is 2.17. The smallest absolute Gasteiger partial charge is 0.251 e. The molecule has 1 N–H and O–H groups in total. The molecule has 1 aromatic heterocycles. The van der Waals surface area contributed by atoms with Crippen LogP contribution in [0.5, 0.6) is 0 Å². The summed E-state index contributed by atoms with van der Waals surface area (Å²) in [5.74, 6) is 0.801. The van der Waals surface area contributed by atoms with Gasteiger partial charge in [-0.1, -0.05) is 6.92 Å². The number of carbonyl (C=O) groups is 2. The van der Waals surface area contributed by atoms with Crippen molar-refractivity contribution < 1.29 is 14.0 Å². The average Bonchev–Trinajstić information content (AvgIpc) is 3.18. The van der Waals surface area contributed by atoms with E-state index in [-0.39, 0.29) is 23.5 Å². The van der Waals surface area contributed by atoms with Crippen LogP contribution in [0.1, 0.15) is 42.4 Å². The molecular weight excluding hydrogens is 359 g/mol. The molecule has 1 aliphatic rings. The summed E-state index contributed by atoms with van der Waals surface area (Å²) in [5, 5.41) is 2.91. The Hall–Kier alpha value is -2.70. The SMILES string of the molecule is CCc1nccn1CCC(=O)N1CCC[C@H](CNC(=O)c2ccc(F)cc2)C1. The summed E-state index contributed by atoms with van der Waals surface area (Å²) >= 11 is 0. The van der Waals surface area contributed by atoms with Gasteiger partial charge in [0.2, 0.25) is 5.91 Å². The van der Waals surface area contributed by atoms with Crippen LogP contribution >= 0.6 is 0 Å². The van der Waals surface area contributed by atoms with Crippen LogP contribution in [-0.2, 0) is 17.8 Å². The standard InChI is InChI=1S/C21H27FN4O2/c1-2-19-23-10-13-25(19)12-9-20(27)26-11-3-4-16(15-26)14-24-21(28)17-5-7-18(22)8-6-17/h5-8,10,13,16H,2-4,9,11-12,14-15H2,1H3,(H,24,28)/t16-/m1/s1. The minimum atomic E-state index is -0.361. The van der Waals surface area contributed by atoms with Gasteiger partial charge >= 0.3 is 0 Å². The van der Waals surface area contributed by atoms with E-state index in [1.54, 1.807) is 6.20 Å². The summed E-state index contributed by atoms with van der Waals surface area (Å²) in [6, 6.07) is 5.50. The number of piperidine rings is 1. The van der Waals surface area contributed by atoms with Crippen molar-refractivity contribution in [3.63, 3.8) is 0 Å². The first-order valence-corrected chi connectivity index (χ1v) is 9.88. The number of nitrogens with one attached hydrogen (secondary N) is 1. The first kappa shape index (κ1) is 20.0. The maximum atomic E-state index is 13.0. The van der Waals surface area contributed by atoms with Gasteiger partial charge in [-0.3, -0.25) is 9.59 Å². The lowest BCUT2D eigenvalue weighted by molar-refractivity contribution is -0.133. The van der Waals surface area contributed by atoms with Crippen molar-refractivity contribution in [3.05, 3.63) is 53.9 Å². The minimum absolute atomic E-state index is 0.144. The van der Waals surface area contributed by atoms with Crippen molar-refractivity contribution in [2.45, 2.75) is 39.2 Å². The number of hydrogen-bond donors (Lipinski definition) is 1. The summed E-state index contributed by atoms with van der Waals surface area (Å²) in [5.41, 5.74) is 0.442. The molecule has 28 heavy (non-hydrogen) atoms. The summed E-state index contributed by atoms with van der Waals surface area (Å²) in [4.78, 5) is 31.0. The number of hydrogen-bond acceptors (Lipinski definition) is 3. The fourth-order valence-corrected chi connectivity index (χ4v) is 3.63. The molecule has 7 heteroatoms. The first-order valence-electron chi connectivity index (χ1n) is 9.88. The fourth-order valence-electron chi connectivity index (χ4n) is 3.63. The number of aromatic nitrogens is 2. The van der Waals surface area contributed by atoms with Gasteiger partial charge in [0.1, 0.15) is 11.6 Å². The van der Waals surface area contributed by atoms with Crippen molar-refractivity contribution in [2.24, 2.45) is 5.92 Å². The number of amides is 2. The van der Waals surface area contributed by atoms with Crippen molar-refractivity contribution in [1.82, 2.24) is 19.8 Å². The lowest BCUT2D eigenvalue weighted by Crippen LogP contribution is -2.44. The zero-order valence-electron chi connectivity index (χ0n) is 16.2. The van der Waals surface area contributed by atoms with E-state index in [0.717, 1.165) is 31.6 Å². The number of imidazole rings is 1. The molecule has 3 rings (SSSR count). The molecule has 0 unspecified atom stereocenters. The number of carbonyl (C=O) groups excluding carboxylic acids is 2. The van der Waals surface area contributed by atoms with Crippen LogP contribution in [0.15, 0.2) is 36.7 Å². The van der Waals surface area contributed by atoms with Crippen LogP contribution in [0.3, 0.4) is 0 Å². The zero-order valence-corrected chi connectivity index (χ0v) is 16.2. The van der Waals surface area contributed by atoms with Crippen molar-refractivity contribution in [2.75, 3.05) is 19.6 Å². The number of aryl methyl sites for hydroxylation is 2. The molecule has 0 aliphatic carbocycles. The summed E-state index contributed by atoms with van der Waals surface area (Å²) < 4.78 is 15.0. The molecule has 1 saturated heterocycles. The Morgan fingerprint density at radius 2 is 2.07 bits per heavy atom. The van der Waals surface area contributed by atoms with Crippen LogP contribution in [-0.4, -0.2) is 45.9 Å². The van der Waals surface area contributed by atoms with Crippen LogP contribution in [0.25, 0.3) is 0 Å². The molecule has 0 bridgehead atoms. The van der Waals surface area contributed by atoms with Gasteiger partial charge in [-0.25, -0.2) is 9.37 Å². The Morgan fingerprint density at radius 1 is 1.29 bits per heavy atom. The van der Waals surface area contributed by atoms with Gasteiger partial charge in [0.15, 0.2) is 0 Å². The maximum absolute atomic E-state index is 13.0. The first-order chi connectivity index (χ1) is 13.6. The van der Waals surface area contributed by atoms with E-state index in [4.69, 9.17) is 0 Å². The highest BCUT2D eigenvalue weighted by molar-refractivity contribution is 5.94. The average molecular weight is 386 g/mol. The molecule has 1 atom stereocenters. The largest absolute Gasteiger partial charge is 0.352 e. The molecule has 1 fully saturated rings. The number of rotatable bonds is 7. The molecular formula is C21H27FN4O2. The van der Waals surface area contributed by atoms with Gasteiger partial charge in [-0.15, -0.1) is 0 Å². The topological polar surface area (TPSA) is 67.2 Å². The second kappa shape index (κ2) is 9.48. The van der Waals surface area contributed by atoms with Gasteiger partial charge < -0.3 is 14.8 Å². The predicted molar refractivity (Wildman–Crippen MR) is 104 cm³/mol. The van der Waals surface area contributed by atoms with E-state index in [1.807, 2.05) is 15.7 Å². The number of benzene rings is 1. The molecule has 1 aliphatic heterocycles. The molecule has 0 saturated carbocycles. The zero-order chi connectivity index (χ0) is 19.9. The van der Waals surface area contributed by atoms with Crippen molar-refractivity contribution in [3.8, 4) is 0 Å². The third kappa shape index (κ3) is 5.18. The van der Waals surface area contributed by atoms with Gasteiger partial charge in [0.05, 0.1) is 0 Å². The van der Waals surface area contributed by atoms with Gasteiger partial charge in [-0.05, 0) is 43.0 Å². The summed E-state index contributed by atoms with van der Waals surface area (Å²) in [7, 11) is 0. The van der Waals surface area contributed by atoms with E-state index in [1.165, 1.54) is 24.3 Å². The summed E-state index contributed by atoms with van der Waals surface area (Å²) in [6.45, 7) is 4.64. The molecule has 1 aromatic carbocycles. The van der Waals surface area contributed by atoms with Gasteiger partial charge in [0, 0.05) is 57.0 Å². The van der Waals surface area contributed by atoms with Crippen LogP contribution in [0.2, 0.25) is 0 Å². The van der Waals surface area contributed by atoms with E-state index in [0.29, 0.717) is 31.6 Å². The second-order valence-electron chi connectivity index (χ2n) is 7.21. The highest BCUT2D eigenvalue weighted by atomic mass is 19.1. The Bertz CT molecular complexity index is 803. The predicted octanol–water partition coefficient (Wildman–Crippen LogP) is 2.64. The number of likely N-dealkylation sites (tertiary alicyclic amines) is 1. The number of halogens is 1. The Morgan fingerprint density at radius 3 is 2.82 bits per heavy atom. The summed E-state index contributed by atoms with van der Waals surface area (Å²) in [6.07, 6.45) is 6.90. The van der Waals surface area contributed by atoms with Gasteiger partial charge in [0.25, 0.3) is 5.91 Å². The lowest BCUT2D eigenvalue weighted by atomic mass is 9.97. The minimum Gasteiger partial charge on any atom is -0.352 e. The maximum Gasteiger partial charge on any atom is 0.251 e. The van der Waals surface area contributed by atoms with E-state index < -0.39 is 0 Å². The van der Waals surface area contributed by atoms with Crippen LogP contribution < -0.4 is 5.32 Å². The Labute approximate surface area is 164 Å². The molecule has 6 nitrogen and oxygen atoms in total. The van der Waals surface area contributed by atoms with Crippen LogP contribution in [0.4, 0.5) is 4.39 Å². The van der Waals surface area contributed by atoms with Crippen molar-refractivity contribution >= 4 is 11.8 Å². The third-order valence-electron chi connectivity index (χ3n) is 5.21. The lowest BCUT2D eigenvalue weighted by Gasteiger charge is -2.33. The molecule has 150 valence electrons. The number of nitrogens with zero attached hydrogens (tertiary/aromatic N) is 3. The molecule has 2 aromatic rings. The van der Waals surface area contributed by atoms with E-state index in [2.05, 4.69) is 17.2 Å².